The number of aromatic nitrogens is 4. The molecule has 9 N–H and O–H groups in total. The Bertz CT molecular complexity index is 1490. The van der Waals surface area contributed by atoms with Gasteiger partial charge in [-0.1, -0.05) is 0 Å². The number of nitrogens with two attached hydrogens (primary N) is 1. The minimum Gasteiger partial charge on any atom is -0.481 e. The lowest BCUT2D eigenvalue weighted by molar-refractivity contribution is -0.140. The van der Waals surface area contributed by atoms with Crippen molar-refractivity contribution in [1.29, 1.82) is 0 Å². The summed E-state index contributed by atoms with van der Waals surface area (Å²) in [5, 5.41) is 38.8. The Labute approximate surface area is 223 Å². The number of carboxylic acid groups (broad SMARTS) is 4. The highest BCUT2D eigenvalue weighted by molar-refractivity contribution is 5.97. The molecule has 0 aliphatic heterocycles. The Hall–Kier alpha value is -5.87. The number of carbonyl (C=O) groups excluding carboxylic acids is 1. The highest BCUT2D eigenvalue weighted by Crippen LogP contribution is 2.12. The molecule has 0 aliphatic carbocycles. The van der Waals surface area contributed by atoms with E-state index in [9.17, 15) is 28.8 Å². The summed E-state index contributed by atoms with van der Waals surface area (Å²) >= 11 is 0. The summed E-state index contributed by atoms with van der Waals surface area (Å²) in [4.78, 5) is 79.7. The van der Waals surface area contributed by atoms with Gasteiger partial charge < -0.3 is 36.8 Å². The van der Waals surface area contributed by atoms with Gasteiger partial charge in [-0.15, -0.1) is 0 Å². The molecule has 1 atom stereocenters. The van der Waals surface area contributed by atoms with E-state index in [1.807, 2.05) is 0 Å². The van der Waals surface area contributed by atoms with Crippen LogP contribution in [0.3, 0.4) is 0 Å². The number of amides is 1. The standard InChI is InChI=1S/C19H19N7O6.C4H4O4/c20-19-25-15-14(17(30)26-19)23-11(8-22-15)7-21-10-3-1-9(2-4-10)16(29)24-12(18(31)32)5-6-13(27)28;5-3(6)1-2-4(7)8/h1-4,8,12,21H,5-7H2,(H,24,29)(H,27,28)(H,31,32)(H3,20,22,25,26,30);1-2H,(H,5,6)(H,7,8)/b;2-1+. The van der Waals surface area contributed by atoms with Crippen LogP contribution in [0, 0.1) is 0 Å². The molecule has 0 bridgehead atoms. The number of H-pyrrole nitrogens is 1. The Balaban J connectivity index is 0.000000611. The SMILES string of the molecule is Nc1nc2ncc(CNc3ccc(C(=O)NC(CCC(=O)O)C(=O)O)cc3)nc2c(=O)[nH]1.O=C(O)/C=C/C(=O)O. The van der Waals surface area contributed by atoms with Gasteiger partial charge in [0.05, 0.1) is 18.4 Å². The van der Waals surface area contributed by atoms with E-state index in [1.165, 1.54) is 18.3 Å². The smallest absolute Gasteiger partial charge is 0.328 e. The maximum atomic E-state index is 12.3. The summed E-state index contributed by atoms with van der Waals surface area (Å²) in [6.45, 7) is 0.231. The fourth-order valence-electron chi connectivity index (χ4n) is 2.90. The van der Waals surface area contributed by atoms with Crippen LogP contribution >= 0.6 is 0 Å². The van der Waals surface area contributed by atoms with E-state index < -0.39 is 41.4 Å². The van der Waals surface area contributed by atoms with Crippen molar-refractivity contribution in [3.8, 4) is 0 Å². The van der Waals surface area contributed by atoms with Crippen molar-refractivity contribution < 1.29 is 44.4 Å². The fraction of sp³-hybridized carbons (Fsp3) is 0.174. The zero-order chi connectivity index (χ0) is 29.8. The number of carbonyl (C=O) groups is 5. The summed E-state index contributed by atoms with van der Waals surface area (Å²) in [5.41, 5.74) is 6.47. The second-order valence-electron chi connectivity index (χ2n) is 7.72. The number of aromatic amines is 1. The van der Waals surface area contributed by atoms with Crippen LogP contribution in [0.5, 0.6) is 0 Å². The van der Waals surface area contributed by atoms with E-state index in [4.69, 9.17) is 26.2 Å². The monoisotopic (exact) mass is 557 g/mol. The van der Waals surface area contributed by atoms with Gasteiger partial charge in [-0.2, -0.15) is 4.98 Å². The van der Waals surface area contributed by atoms with Crippen LogP contribution in [0.4, 0.5) is 11.6 Å². The average molecular weight is 557 g/mol. The first kappa shape index (κ1) is 30.4. The van der Waals surface area contributed by atoms with Crippen molar-refractivity contribution in [3.05, 3.63) is 64.2 Å². The molecule has 0 saturated heterocycles. The zero-order valence-corrected chi connectivity index (χ0v) is 20.4. The minimum absolute atomic E-state index is 0.0524. The highest BCUT2D eigenvalue weighted by atomic mass is 16.4. The van der Waals surface area contributed by atoms with Crippen molar-refractivity contribution >= 4 is 52.6 Å². The van der Waals surface area contributed by atoms with Crippen LogP contribution in [0.1, 0.15) is 28.9 Å². The van der Waals surface area contributed by atoms with E-state index in [2.05, 4.69) is 30.6 Å². The normalized spacial score (nSPS) is 11.2. The molecule has 1 aromatic carbocycles. The molecular formula is C23H23N7O10. The zero-order valence-electron chi connectivity index (χ0n) is 20.4. The number of hydrogen-bond acceptors (Lipinski definition) is 11. The van der Waals surface area contributed by atoms with Crippen LogP contribution in [0.15, 0.2) is 47.4 Å². The van der Waals surface area contributed by atoms with Crippen LogP contribution in [0.25, 0.3) is 11.2 Å². The summed E-state index contributed by atoms with van der Waals surface area (Å²) in [6, 6.07) is 4.86. The number of nitrogen functional groups attached to an aromatic ring is 1. The van der Waals surface area contributed by atoms with Gasteiger partial charge >= 0.3 is 23.9 Å². The second-order valence-corrected chi connectivity index (χ2v) is 7.72. The lowest BCUT2D eigenvalue weighted by atomic mass is 10.1. The number of hydrogen-bond donors (Lipinski definition) is 8. The van der Waals surface area contributed by atoms with Gasteiger partial charge in [0.15, 0.2) is 11.2 Å². The molecule has 17 heteroatoms. The predicted octanol–water partition coefficient (Wildman–Crippen LogP) is -0.333. The summed E-state index contributed by atoms with van der Waals surface area (Å²) in [6.07, 6.45) is 1.96. The van der Waals surface area contributed by atoms with Crippen molar-refractivity contribution in [3.63, 3.8) is 0 Å². The molecule has 0 radical (unpaired) electrons. The van der Waals surface area contributed by atoms with Crippen LogP contribution in [-0.2, 0) is 25.7 Å². The van der Waals surface area contributed by atoms with Crippen molar-refractivity contribution in [2.24, 2.45) is 0 Å². The van der Waals surface area contributed by atoms with Crippen LogP contribution in [-0.4, -0.2) is 76.2 Å². The van der Waals surface area contributed by atoms with Crippen LogP contribution < -0.4 is 21.9 Å². The second kappa shape index (κ2) is 14.2. The molecule has 3 aromatic rings. The van der Waals surface area contributed by atoms with Gasteiger partial charge in [0.25, 0.3) is 11.5 Å². The van der Waals surface area contributed by atoms with Gasteiger partial charge in [0.2, 0.25) is 5.95 Å². The lowest BCUT2D eigenvalue weighted by Crippen LogP contribution is -2.41. The largest absolute Gasteiger partial charge is 0.481 e. The number of anilines is 2. The van der Waals surface area contributed by atoms with Crippen molar-refractivity contribution in [1.82, 2.24) is 25.3 Å². The van der Waals surface area contributed by atoms with Crippen molar-refractivity contribution in [2.75, 3.05) is 11.1 Å². The summed E-state index contributed by atoms with van der Waals surface area (Å²) in [5.74, 6) is -5.67. The predicted molar refractivity (Wildman–Crippen MR) is 136 cm³/mol. The van der Waals surface area contributed by atoms with Gasteiger partial charge in [0, 0.05) is 29.8 Å². The van der Waals surface area contributed by atoms with Gasteiger partial charge in [0.1, 0.15) is 6.04 Å². The number of nitrogens with one attached hydrogen (secondary N) is 3. The molecule has 1 amide bonds. The van der Waals surface area contributed by atoms with Gasteiger partial charge in [-0.25, -0.2) is 24.4 Å². The molecule has 210 valence electrons. The number of aliphatic carboxylic acids is 4. The molecule has 2 heterocycles. The first-order chi connectivity index (χ1) is 18.8. The third-order valence-corrected chi connectivity index (χ3v) is 4.73. The average Bonchev–Trinajstić information content (AvgIpc) is 2.89. The lowest BCUT2D eigenvalue weighted by Gasteiger charge is -2.14. The highest BCUT2D eigenvalue weighted by Gasteiger charge is 2.21. The van der Waals surface area contributed by atoms with Gasteiger partial charge in [-0.05, 0) is 30.7 Å². The van der Waals surface area contributed by atoms with E-state index in [0.717, 1.165) is 0 Å². The van der Waals surface area contributed by atoms with E-state index >= 15 is 0 Å². The molecular weight excluding hydrogens is 534 g/mol. The summed E-state index contributed by atoms with van der Waals surface area (Å²) < 4.78 is 0. The van der Waals surface area contributed by atoms with Crippen LogP contribution in [0.2, 0.25) is 0 Å². The molecule has 0 fully saturated rings. The summed E-state index contributed by atoms with van der Waals surface area (Å²) in [7, 11) is 0. The molecule has 40 heavy (non-hydrogen) atoms. The molecule has 2 aromatic heterocycles. The fourth-order valence-corrected chi connectivity index (χ4v) is 2.90. The Kier molecular flexibility index (Phi) is 10.8. The Morgan fingerprint density at radius 1 is 0.975 bits per heavy atom. The topological polar surface area (TPSA) is 288 Å². The number of nitrogens with zero attached hydrogens (tertiary/aromatic N) is 3. The molecule has 3 rings (SSSR count). The molecule has 1 unspecified atom stereocenters. The number of fused-ring (bicyclic) bond motifs is 1. The van der Waals surface area contributed by atoms with E-state index in [-0.39, 0.29) is 42.1 Å². The van der Waals surface area contributed by atoms with Crippen molar-refractivity contribution in [2.45, 2.75) is 25.4 Å². The van der Waals surface area contributed by atoms with E-state index in [0.29, 0.717) is 23.5 Å². The maximum Gasteiger partial charge on any atom is 0.328 e. The Morgan fingerprint density at radius 3 is 2.15 bits per heavy atom. The third kappa shape index (κ3) is 9.88. The number of carboxylic acids is 4. The number of benzene rings is 1. The Morgan fingerprint density at radius 2 is 1.60 bits per heavy atom. The number of rotatable bonds is 11. The molecule has 0 saturated carbocycles. The maximum absolute atomic E-state index is 12.3. The third-order valence-electron chi connectivity index (χ3n) is 4.73. The first-order valence-corrected chi connectivity index (χ1v) is 11.1. The molecule has 0 spiro atoms. The molecule has 17 nitrogen and oxygen atoms in total. The first-order valence-electron chi connectivity index (χ1n) is 11.1. The minimum atomic E-state index is -1.31. The van der Waals surface area contributed by atoms with E-state index in [1.54, 1.807) is 12.1 Å². The molecule has 0 aliphatic rings. The van der Waals surface area contributed by atoms with Gasteiger partial charge in [-0.3, -0.25) is 19.4 Å². The quantitative estimate of drug-likeness (QED) is 0.140.